The molecule has 0 rings (SSSR count). The summed E-state index contributed by atoms with van der Waals surface area (Å²) in [5, 5.41) is 0. The fourth-order valence-corrected chi connectivity index (χ4v) is 0.588. The molecule has 10 heavy (non-hydrogen) atoms. The quantitative estimate of drug-likeness (QED) is 0.428. The zero-order valence-corrected chi connectivity index (χ0v) is 6.26. The lowest BCUT2D eigenvalue weighted by molar-refractivity contribution is -0.110. The van der Waals surface area contributed by atoms with Gasteiger partial charge in [0.05, 0.1) is 0 Å². The zero-order chi connectivity index (χ0) is 7.98. The smallest absolute Gasteiger partial charge is 0.178 e. The minimum absolute atomic E-state index is 0.0423. The fraction of sp³-hybridized carbons (Fsp3) is 0.222. The molecule has 0 heterocycles. The van der Waals surface area contributed by atoms with Gasteiger partial charge in [0.15, 0.2) is 5.78 Å². The lowest BCUT2D eigenvalue weighted by atomic mass is 10.2. The summed E-state index contributed by atoms with van der Waals surface area (Å²) in [7, 11) is 0. The Labute approximate surface area is 61.8 Å². The van der Waals surface area contributed by atoms with Crippen LogP contribution in [0.2, 0.25) is 0 Å². The van der Waals surface area contributed by atoms with Gasteiger partial charge in [-0.1, -0.05) is 18.2 Å². The van der Waals surface area contributed by atoms with Crippen LogP contribution in [0, 0.1) is 0 Å². The molecule has 0 spiro atoms. The molecule has 54 valence electrons. The normalized spacial score (nSPS) is 10.7. The van der Waals surface area contributed by atoms with Crippen molar-refractivity contribution in [2.45, 2.75) is 13.3 Å². The van der Waals surface area contributed by atoms with Crippen molar-refractivity contribution in [3.05, 3.63) is 37.0 Å². The lowest BCUT2D eigenvalue weighted by Crippen LogP contribution is -1.85. The first kappa shape index (κ1) is 8.89. The first-order chi connectivity index (χ1) is 4.70. The van der Waals surface area contributed by atoms with Crippen LogP contribution in [0.4, 0.5) is 0 Å². The molecule has 0 radical (unpaired) electrons. The predicted octanol–water partition coefficient (Wildman–Crippen LogP) is 2.26. The van der Waals surface area contributed by atoms with Crippen LogP contribution in [0.15, 0.2) is 37.0 Å². The molecule has 0 aliphatic carbocycles. The third kappa shape index (κ3) is 3.84. The molecule has 0 amide bonds. The van der Waals surface area contributed by atoms with E-state index in [1.807, 2.05) is 6.92 Å². The molecular weight excluding hydrogens is 124 g/mol. The number of ketones is 1. The molecule has 0 aromatic carbocycles. The number of allylic oxidation sites excluding steroid dienone is 4. The van der Waals surface area contributed by atoms with Crippen LogP contribution in [0.25, 0.3) is 0 Å². The van der Waals surface area contributed by atoms with Gasteiger partial charge in [-0.25, -0.2) is 0 Å². The van der Waals surface area contributed by atoms with Crippen LogP contribution in [-0.2, 0) is 4.79 Å². The van der Waals surface area contributed by atoms with Gasteiger partial charge >= 0.3 is 0 Å². The van der Waals surface area contributed by atoms with E-state index in [9.17, 15) is 4.79 Å². The molecule has 0 bridgehead atoms. The van der Waals surface area contributed by atoms with Crippen LogP contribution >= 0.6 is 0 Å². The van der Waals surface area contributed by atoms with Crippen LogP contribution in [-0.4, -0.2) is 5.78 Å². The molecule has 0 saturated heterocycles. The van der Waals surface area contributed by atoms with Crippen molar-refractivity contribution in [1.29, 1.82) is 0 Å². The molecule has 0 aromatic rings. The summed E-state index contributed by atoms with van der Waals surface area (Å²) in [6.45, 7) is 8.80. The van der Waals surface area contributed by atoms with Gasteiger partial charge in [-0.2, -0.15) is 0 Å². The van der Waals surface area contributed by atoms with Gasteiger partial charge in [0, 0.05) is 0 Å². The van der Waals surface area contributed by atoms with E-state index in [4.69, 9.17) is 0 Å². The Bertz CT molecular complexity index is 175. The first-order valence-corrected chi connectivity index (χ1v) is 3.15. The Morgan fingerprint density at radius 3 is 2.50 bits per heavy atom. The van der Waals surface area contributed by atoms with Crippen molar-refractivity contribution in [3.8, 4) is 0 Å². The summed E-state index contributed by atoms with van der Waals surface area (Å²) in [6, 6.07) is 0. The highest BCUT2D eigenvalue weighted by molar-refractivity contribution is 5.99. The Hall–Kier alpha value is -1.11. The van der Waals surface area contributed by atoms with E-state index in [1.54, 1.807) is 12.2 Å². The summed E-state index contributed by atoms with van der Waals surface area (Å²) < 4.78 is 0. The van der Waals surface area contributed by atoms with Crippen LogP contribution in [0.5, 0.6) is 0 Å². The van der Waals surface area contributed by atoms with E-state index in [0.717, 1.165) is 12.0 Å². The van der Waals surface area contributed by atoms with E-state index in [2.05, 4.69) is 13.2 Å². The first-order valence-electron chi connectivity index (χ1n) is 3.15. The number of hydrogen-bond donors (Lipinski definition) is 0. The van der Waals surface area contributed by atoms with Crippen molar-refractivity contribution >= 4 is 5.78 Å². The highest BCUT2D eigenvalue weighted by atomic mass is 16.1. The maximum atomic E-state index is 10.7. The molecule has 0 aromatic heterocycles. The largest absolute Gasteiger partial charge is 0.290 e. The van der Waals surface area contributed by atoms with E-state index < -0.39 is 0 Å². The molecule has 1 heteroatoms. The highest BCUT2D eigenvalue weighted by Crippen LogP contribution is 1.99. The van der Waals surface area contributed by atoms with Gasteiger partial charge in [0.1, 0.15) is 0 Å². The van der Waals surface area contributed by atoms with Gasteiger partial charge in [-0.05, 0) is 25.5 Å². The van der Waals surface area contributed by atoms with Gasteiger partial charge < -0.3 is 0 Å². The topological polar surface area (TPSA) is 17.1 Å². The van der Waals surface area contributed by atoms with Crippen molar-refractivity contribution in [3.63, 3.8) is 0 Å². The molecule has 0 aliphatic heterocycles. The Morgan fingerprint density at radius 1 is 1.50 bits per heavy atom. The molecule has 1 nitrogen and oxygen atoms in total. The minimum Gasteiger partial charge on any atom is -0.290 e. The SMILES string of the molecule is C=CCC(C)=CC(=O)C=C. The Balaban J connectivity index is 4.00. The molecule has 0 atom stereocenters. The lowest BCUT2D eigenvalue weighted by Gasteiger charge is -1.90. The van der Waals surface area contributed by atoms with Crippen LogP contribution in [0.3, 0.4) is 0 Å². The Kier molecular flexibility index (Phi) is 4.21. The minimum atomic E-state index is -0.0423. The van der Waals surface area contributed by atoms with Gasteiger partial charge in [0.25, 0.3) is 0 Å². The fourth-order valence-electron chi connectivity index (χ4n) is 0.588. The summed E-state index contributed by atoms with van der Waals surface area (Å²) in [4.78, 5) is 10.7. The van der Waals surface area contributed by atoms with Gasteiger partial charge in [-0.15, -0.1) is 6.58 Å². The van der Waals surface area contributed by atoms with E-state index in [1.165, 1.54) is 6.08 Å². The summed E-state index contributed by atoms with van der Waals surface area (Å²) >= 11 is 0. The third-order valence-electron chi connectivity index (χ3n) is 1.06. The average Bonchev–Trinajstić information content (AvgIpc) is 1.88. The number of rotatable bonds is 4. The van der Waals surface area contributed by atoms with Crippen molar-refractivity contribution < 1.29 is 4.79 Å². The molecule has 0 unspecified atom stereocenters. The molecular formula is C9H12O. The molecule has 0 aliphatic rings. The maximum Gasteiger partial charge on any atom is 0.178 e. The van der Waals surface area contributed by atoms with Crippen LogP contribution in [0.1, 0.15) is 13.3 Å². The number of carbonyl (C=O) groups is 1. The summed E-state index contributed by atoms with van der Waals surface area (Å²) in [6.07, 6.45) is 5.39. The second kappa shape index (κ2) is 4.74. The van der Waals surface area contributed by atoms with Crippen molar-refractivity contribution in [1.82, 2.24) is 0 Å². The monoisotopic (exact) mass is 136 g/mol. The standard InChI is InChI=1S/C9H12O/c1-4-6-8(3)7-9(10)5-2/h4-5,7H,1-2,6H2,3H3. The average molecular weight is 136 g/mol. The van der Waals surface area contributed by atoms with E-state index >= 15 is 0 Å². The summed E-state index contributed by atoms with van der Waals surface area (Å²) in [5.41, 5.74) is 1.01. The molecule has 0 fully saturated rings. The van der Waals surface area contributed by atoms with Crippen molar-refractivity contribution in [2.75, 3.05) is 0 Å². The van der Waals surface area contributed by atoms with E-state index in [0.29, 0.717) is 0 Å². The third-order valence-corrected chi connectivity index (χ3v) is 1.06. The zero-order valence-electron chi connectivity index (χ0n) is 6.26. The molecule has 0 N–H and O–H groups in total. The Morgan fingerprint density at radius 2 is 2.10 bits per heavy atom. The number of carbonyl (C=O) groups excluding carboxylic acids is 1. The van der Waals surface area contributed by atoms with Gasteiger partial charge in [0.2, 0.25) is 0 Å². The molecule has 0 saturated carbocycles. The highest BCUT2D eigenvalue weighted by Gasteiger charge is 1.89. The summed E-state index contributed by atoms with van der Waals surface area (Å²) in [5.74, 6) is -0.0423. The van der Waals surface area contributed by atoms with Gasteiger partial charge in [-0.3, -0.25) is 4.79 Å². The predicted molar refractivity (Wildman–Crippen MR) is 43.8 cm³/mol. The van der Waals surface area contributed by atoms with E-state index in [-0.39, 0.29) is 5.78 Å². The second-order valence-corrected chi connectivity index (χ2v) is 2.09. The second-order valence-electron chi connectivity index (χ2n) is 2.09. The number of hydrogen-bond acceptors (Lipinski definition) is 1. The van der Waals surface area contributed by atoms with Crippen LogP contribution < -0.4 is 0 Å². The van der Waals surface area contributed by atoms with Crippen molar-refractivity contribution in [2.24, 2.45) is 0 Å². The maximum absolute atomic E-state index is 10.7.